The fraction of sp³-hybridized carbons (Fsp3) is 0.250. The molecule has 1 saturated heterocycles. The third-order valence-electron chi connectivity index (χ3n) is 4.74. The number of aromatic nitrogens is 2. The molecule has 28 heavy (non-hydrogen) atoms. The van der Waals surface area contributed by atoms with E-state index in [4.69, 9.17) is 16.0 Å². The van der Waals surface area contributed by atoms with Crippen LogP contribution in [0.2, 0.25) is 5.02 Å². The lowest BCUT2D eigenvalue weighted by Crippen LogP contribution is -2.31. The maximum atomic E-state index is 14.1. The van der Waals surface area contributed by atoms with Crippen LogP contribution < -0.4 is 4.90 Å². The Labute approximate surface area is 165 Å². The summed E-state index contributed by atoms with van der Waals surface area (Å²) in [6.07, 6.45) is 4.59. The van der Waals surface area contributed by atoms with Crippen LogP contribution in [0.4, 0.5) is 14.5 Å². The average molecular weight is 404 g/mol. The Bertz CT molecular complexity index is 1020. The van der Waals surface area contributed by atoms with E-state index in [9.17, 15) is 13.6 Å². The fourth-order valence-electron chi connectivity index (χ4n) is 3.36. The van der Waals surface area contributed by atoms with Crippen molar-refractivity contribution in [2.24, 2.45) is 0 Å². The van der Waals surface area contributed by atoms with Gasteiger partial charge in [-0.15, -0.1) is 0 Å². The number of anilines is 1. The number of carbonyl (C=O) groups is 1. The van der Waals surface area contributed by atoms with E-state index in [0.717, 1.165) is 12.1 Å². The van der Waals surface area contributed by atoms with Crippen molar-refractivity contribution in [3.05, 3.63) is 65.1 Å². The highest BCUT2D eigenvalue weighted by Gasteiger charge is 2.29. The van der Waals surface area contributed by atoms with Crippen LogP contribution in [0, 0.1) is 11.6 Å². The lowest BCUT2D eigenvalue weighted by molar-refractivity contribution is -0.118. The van der Waals surface area contributed by atoms with Crippen LogP contribution in [-0.2, 0) is 4.79 Å². The van der Waals surface area contributed by atoms with Gasteiger partial charge in [0.2, 0.25) is 11.8 Å². The highest BCUT2D eigenvalue weighted by atomic mass is 35.5. The second-order valence-electron chi connectivity index (χ2n) is 6.62. The third kappa shape index (κ3) is 3.75. The Kier molecular flexibility index (Phi) is 5.09. The molecule has 1 aliphatic rings. The minimum absolute atomic E-state index is 0.0935. The van der Waals surface area contributed by atoms with Crippen LogP contribution >= 0.6 is 11.6 Å². The first-order valence-electron chi connectivity index (χ1n) is 8.84. The van der Waals surface area contributed by atoms with Gasteiger partial charge in [0.1, 0.15) is 23.6 Å². The molecular formula is C20H16ClF2N3O2. The van der Waals surface area contributed by atoms with Crippen molar-refractivity contribution in [1.29, 1.82) is 0 Å². The molecule has 0 radical (unpaired) electrons. The zero-order valence-electron chi connectivity index (χ0n) is 14.7. The Morgan fingerprint density at radius 3 is 2.86 bits per heavy atom. The molecule has 1 atom stereocenters. The van der Waals surface area contributed by atoms with Gasteiger partial charge in [-0.3, -0.25) is 9.78 Å². The Balaban J connectivity index is 1.54. The standard InChI is InChI=1S/C20H16ClF2N3O2/c21-13-5-6-24-16(9-13)20-25-17(11-28-20)12-2-1-7-26(19(27)8-12)18-4-3-14(22)10-15(18)23/h3-6,9-12H,1-2,7-8H2. The van der Waals surface area contributed by atoms with Crippen molar-refractivity contribution in [2.75, 3.05) is 11.4 Å². The van der Waals surface area contributed by atoms with Gasteiger partial charge in [-0.1, -0.05) is 11.6 Å². The summed E-state index contributed by atoms with van der Waals surface area (Å²) < 4.78 is 32.8. The lowest BCUT2D eigenvalue weighted by Gasteiger charge is -2.21. The Morgan fingerprint density at radius 2 is 2.07 bits per heavy atom. The second kappa shape index (κ2) is 7.67. The van der Waals surface area contributed by atoms with Gasteiger partial charge in [0.25, 0.3) is 0 Å². The van der Waals surface area contributed by atoms with Gasteiger partial charge >= 0.3 is 0 Å². The number of nitrogens with zero attached hydrogens (tertiary/aromatic N) is 3. The third-order valence-corrected chi connectivity index (χ3v) is 4.97. The molecule has 1 aliphatic heterocycles. The van der Waals surface area contributed by atoms with Crippen molar-refractivity contribution in [2.45, 2.75) is 25.2 Å². The summed E-state index contributed by atoms with van der Waals surface area (Å²) in [7, 11) is 0. The summed E-state index contributed by atoms with van der Waals surface area (Å²) in [4.78, 5) is 22.8. The van der Waals surface area contributed by atoms with Gasteiger partial charge in [0, 0.05) is 36.2 Å². The molecule has 8 heteroatoms. The molecule has 5 nitrogen and oxygen atoms in total. The molecule has 4 rings (SSSR count). The molecule has 0 bridgehead atoms. The highest BCUT2D eigenvalue weighted by molar-refractivity contribution is 6.30. The summed E-state index contributed by atoms with van der Waals surface area (Å²) in [5.41, 5.74) is 1.25. The van der Waals surface area contributed by atoms with E-state index in [0.29, 0.717) is 41.7 Å². The summed E-state index contributed by atoms with van der Waals surface area (Å²) in [6.45, 7) is 0.360. The number of pyridine rings is 1. The number of rotatable bonds is 3. The van der Waals surface area contributed by atoms with E-state index in [1.165, 1.54) is 17.2 Å². The van der Waals surface area contributed by atoms with Crippen LogP contribution in [-0.4, -0.2) is 22.4 Å². The van der Waals surface area contributed by atoms with Crippen molar-refractivity contribution < 1.29 is 18.0 Å². The molecule has 1 fully saturated rings. The number of oxazole rings is 1. The van der Waals surface area contributed by atoms with Crippen LogP contribution in [0.15, 0.2) is 47.2 Å². The predicted molar refractivity (Wildman–Crippen MR) is 100 cm³/mol. The molecule has 3 heterocycles. The molecular weight excluding hydrogens is 388 g/mol. The zero-order chi connectivity index (χ0) is 19.7. The van der Waals surface area contributed by atoms with Gasteiger partial charge in [-0.2, -0.15) is 0 Å². The van der Waals surface area contributed by atoms with Crippen molar-refractivity contribution in [1.82, 2.24) is 9.97 Å². The summed E-state index contributed by atoms with van der Waals surface area (Å²) >= 11 is 5.97. The predicted octanol–water partition coefficient (Wildman–Crippen LogP) is 4.97. The normalized spacial score (nSPS) is 17.6. The molecule has 0 saturated carbocycles. The van der Waals surface area contributed by atoms with E-state index in [2.05, 4.69) is 9.97 Å². The fourth-order valence-corrected chi connectivity index (χ4v) is 3.52. The minimum atomic E-state index is -0.748. The van der Waals surface area contributed by atoms with Crippen LogP contribution in [0.1, 0.15) is 30.9 Å². The van der Waals surface area contributed by atoms with E-state index in [1.807, 2.05) is 0 Å². The quantitative estimate of drug-likeness (QED) is 0.619. The molecule has 3 aromatic rings. The monoisotopic (exact) mass is 403 g/mol. The molecule has 1 amide bonds. The molecule has 0 N–H and O–H groups in total. The summed E-state index contributed by atoms with van der Waals surface area (Å²) in [5.74, 6) is -1.49. The maximum absolute atomic E-state index is 14.1. The average Bonchev–Trinajstić information content (AvgIpc) is 3.07. The molecule has 0 spiro atoms. The van der Waals surface area contributed by atoms with Crippen LogP contribution in [0.5, 0.6) is 0 Å². The molecule has 1 aromatic carbocycles. The van der Waals surface area contributed by atoms with Crippen molar-refractivity contribution >= 4 is 23.2 Å². The topological polar surface area (TPSA) is 59.2 Å². The maximum Gasteiger partial charge on any atom is 0.245 e. The molecule has 2 aromatic heterocycles. The van der Waals surface area contributed by atoms with Crippen LogP contribution in [0.3, 0.4) is 0 Å². The molecule has 1 unspecified atom stereocenters. The smallest absolute Gasteiger partial charge is 0.245 e. The number of hydrogen-bond acceptors (Lipinski definition) is 4. The van der Waals surface area contributed by atoms with E-state index in [1.54, 1.807) is 18.3 Å². The number of halogens is 3. The minimum Gasteiger partial charge on any atom is -0.443 e. The number of hydrogen-bond donors (Lipinski definition) is 0. The SMILES string of the molecule is O=C1CC(c2coc(-c3cc(Cl)ccn3)n2)CCCN1c1ccc(F)cc1F. The molecule has 0 aliphatic carbocycles. The zero-order valence-corrected chi connectivity index (χ0v) is 15.5. The number of carbonyl (C=O) groups excluding carboxylic acids is 1. The van der Waals surface area contributed by atoms with Gasteiger partial charge < -0.3 is 9.32 Å². The Morgan fingerprint density at radius 1 is 1.21 bits per heavy atom. The first kappa shape index (κ1) is 18.6. The lowest BCUT2D eigenvalue weighted by atomic mass is 9.97. The largest absolute Gasteiger partial charge is 0.443 e. The summed E-state index contributed by atoms with van der Waals surface area (Å²) in [6, 6.07) is 6.53. The number of amides is 1. The van der Waals surface area contributed by atoms with Gasteiger partial charge in [0.15, 0.2) is 0 Å². The van der Waals surface area contributed by atoms with Gasteiger partial charge in [0.05, 0.1) is 11.4 Å². The second-order valence-corrected chi connectivity index (χ2v) is 7.06. The van der Waals surface area contributed by atoms with Gasteiger partial charge in [-0.05, 0) is 37.1 Å². The highest BCUT2D eigenvalue weighted by Crippen LogP contribution is 2.32. The van der Waals surface area contributed by atoms with Gasteiger partial charge in [-0.25, -0.2) is 13.8 Å². The van der Waals surface area contributed by atoms with Crippen LogP contribution in [0.25, 0.3) is 11.6 Å². The first-order chi connectivity index (χ1) is 13.5. The first-order valence-corrected chi connectivity index (χ1v) is 9.22. The number of benzene rings is 1. The van der Waals surface area contributed by atoms with Crippen molar-refractivity contribution in [3.8, 4) is 11.6 Å². The van der Waals surface area contributed by atoms with E-state index in [-0.39, 0.29) is 23.9 Å². The summed E-state index contributed by atoms with van der Waals surface area (Å²) in [5, 5.41) is 0.520. The van der Waals surface area contributed by atoms with E-state index < -0.39 is 11.6 Å². The van der Waals surface area contributed by atoms with E-state index >= 15 is 0 Å². The van der Waals surface area contributed by atoms with Crippen molar-refractivity contribution in [3.63, 3.8) is 0 Å². The Hall–Kier alpha value is -2.80. The molecule has 144 valence electrons.